The standard InChI is InChI=1S/C24H26N4O5S.C23H24ClN3O4S.C21H21ClN4O3S/c1-28(13-12-22(30)33-3)21(29)14-25-18-8-4-17(5-9-18)23(31)27-24-26-20(15-34-24)16-6-10-19(32-2)11-7-16;1-30-11-3-4-17(28)13-25-16-7-5-15(6-8-16)22(29)27-23-26-21(14-32-23)19-10-9-18(31-2)12-20(19)24;1-26(2)19(27)11-23-14-6-4-13(5-7-14)20(28)25-21-24-18(12-30-21)16-9-8-15(29-3)10-17(16)22/h4-11,15,25H,12-14H2,1-3H3,(H,26,27,31);5-10,12,14,25H,3-4,11,13H2,1-2H3,(H,26,27,29);4-10,12,23H,11H2,1-3H3,(H,24,25,28). The molecule has 0 spiro atoms. The molecule has 5 amide bonds. The van der Waals surface area contributed by atoms with E-state index in [2.05, 4.69) is 51.6 Å². The van der Waals surface area contributed by atoms with Crippen LogP contribution in [0.3, 0.4) is 0 Å². The summed E-state index contributed by atoms with van der Waals surface area (Å²) < 4.78 is 25.0. The predicted octanol–water partition coefficient (Wildman–Crippen LogP) is 12.9. The van der Waals surface area contributed by atoms with Gasteiger partial charge >= 0.3 is 5.97 Å². The molecule has 3 heterocycles. The predicted molar refractivity (Wildman–Crippen MR) is 380 cm³/mol. The number of ketones is 1. The summed E-state index contributed by atoms with van der Waals surface area (Å²) in [7, 11) is 12.7. The Morgan fingerprint density at radius 1 is 0.469 bits per heavy atom. The number of hydrogen-bond acceptors (Lipinski definition) is 21. The number of ether oxygens (including phenoxy) is 5. The fraction of sp³-hybridized carbons (Fsp3) is 0.235. The lowest BCUT2D eigenvalue weighted by molar-refractivity contribution is -0.141. The van der Waals surface area contributed by atoms with Gasteiger partial charge in [-0.05, 0) is 140 Å². The Hall–Kier alpha value is -9.96. The average Bonchev–Trinajstić information content (AvgIpc) is 2.01. The lowest BCUT2D eigenvalue weighted by Gasteiger charge is -2.17. The number of benzene rings is 6. The minimum Gasteiger partial charge on any atom is -0.497 e. The van der Waals surface area contributed by atoms with E-state index >= 15 is 0 Å². The highest BCUT2D eigenvalue weighted by Crippen LogP contribution is 2.35. The van der Waals surface area contributed by atoms with Crippen molar-refractivity contribution in [3.05, 3.63) is 176 Å². The third-order valence-electron chi connectivity index (χ3n) is 13.9. The number of amides is 5. The number of carbonyl (C=O) groups excluding carboxylic acids is 7. The van der Waals surface area contributed by atoms with Crippen LogP contribution in [0, 0.1) is 0 Å². The Kier molecular flexibility index (Phi) is 28.5. The van der Waals surface area contributed by atoms with E-state index in [9.17, 15) is 33.6 Å². The molecule has 9 rings (SSSR count). The minimum atomic E-state index is -0.365. The zero-order valence-electron chi connectivity index (χ0n) is 53.7. The van der Waals surface area contributed by atoms with E-state index in [0.29, 0.717) is 90.2 Å². The SMILES string of the molecule is COC(=O)CCN(C)C(=O)CNc1ccc(C(=O)Nc2nc(-c3ccc(OC)cc3)cs2)cc1.COCCCC(=O)CNc1ccc(C(=O)Nc2nc(-c3ccc(OC)cc3Cl)cs2)cc1.COc1ccc(-c2csc(NC(=O)c3ccc(NCC(=O)N(C)C)cc3)n2)c(Cl)c1. The summed E-state index contributed by atoms with van der Waals surface area (Å²) in [6, 6.07) is 38.8. The van der Waals surface area contributed by atoms with E-state index in [1.54, 1.807) is 141 Å². The summed E-state index contributed by atoms with van der Waals surface area (Å²) in [4.78, 5) is 101. The summed E-state index contributed by atoms with van der Waals surface area (Å²) in [5, 5.41) is 25.5. The number of hydrogen-bond donors (Lipinski definition) is 6. The van der Waals surface area contributed by atoms with Crippen LogP contribution in [0.4, 0.5) is 32.5 Å². The summed E-state index contributed by atoms with van der Waals surface area (Å²) >= 11 is 16.6. The van der Waals surface area contributed by atoms with Crippen LogP contribution >= 0.6 is 57.2 Å². The molecule has 0 saturated heterocycles. The molecule has 0 atom stereocenters. The van der Waals surface area contributed by atoms with Gasteiger partial charge in [-0.2, -0.15) is 0 Å². The van der Waals surface area contributed by atoms with Crippen LogP contribution in [0.2, 0.25) is 10.0 Å². The molecule has 502 valence electrons. The number of likely N-dealkylation sites (N-methyl/N-ethyl adjacent to an activating group) is 2. The molecule has 6 N–H and O–H groups in total. The van der Waals surface area contributed by atoms with Crippen molar-refractivity contribution >= 4 is 131 Å². The van der Waals surface area contributed by atoms with Gasteiger partial charge in [0.15, 0.2) is 21.2 Å². The lowest BCUT2D eigenvalue weighted by atomic mass is 10.1. The normalized spacial score (nSPS) is 10.4. The molecule has 0 aliphatic heterocycles. The number of halogens is 2. The van der Waals surface area contributed by atoms with Crippen LogP contribution in [0.1, 0.15) is 50.3 Å². The number of methoxy groups -OCH3 is 5. The van der Waals surface area contributed by atoms with Gasteiger partial charge in [0.25, 0.3) is 17.7 Å². The number of thiazole rings is 3. The minimum absolute atomic E-state index is 0.0339. The van der Waals surface area contributed by atoms with Crippen molar-refractivity contribution in [3.8, 4) is 51.0 Å². The molecule has 3 aromatic heterocycles. The highest BCUT2D eigenvalue weighted by molar-refractivity contribution is 7.14. The zero-order chi connectivity index (χ0) is 69.1. The summed E-state index contributed by atoms with van der Waals surface area (Å²) in [6.07, 6.45) is 1.32. The van der Waals surface area contributed by atoms with E-state index in [1.807, 2.05) is 58.6 Å². The first-order chi connectivity index (χ1) is 46.3. The number of anilines is 6. The third-order valence-corrected chi connectivity index (χ3v) is 16.8. The van der Waals surface area contributed by atoms with Crippen LogP contribution in [-0.2, 0) is 28.7 Å². The number of nitrogens with zero attached hydrogens (tertiary/aromatic N) is 5. The average molecular weight is 1400 g/mol. The van der Waals surface area contributed by atoms with Crippen molar-refractivity contribution in [2.45, 2.75) is 19.3 Å². The van der Waals surface area contributed by atoms with Gasteiger partial charge in [0.05, 0.1) is 81.6 Å². The first-order valence-corrected chi connectivity index (χ1v) is 32.8. The highest BCUT2D eigenvalue weighted by Gasteiger charge is 2.18. The molecule has 0 radical (unpaired) electrons. The quantitative estimate of drug-likeness (QED) is 0.0196. The molecule has 23 nitrogen and oxygen atoms in total. The monoisotopic (exact) mass is 1400 g/mol. The van der Waals surface area contributed by atoms with Crippen LogP contribution in [-0.4, -0.2) is 156 Å². The topological polar surface area (TPSA) is 283 Å². The van der Waals surface area contributed by atoms with Gasteiger partial charge in [0, 0.05) is 114 Å². The Morgan fingerprint density at radius 3 is 1.26 bits per heavy atom. The fourth-order valence-corrected chi connectivity index (χ4v) is 11.0. The van der Waals surface area contributed by atoms with E-state index < -0.39 is 0 Å². The highest BCUT2D eigenvalue weighted by atomic mass is 35.5. The summed E-state index contributed by atoms with van der Waals surface area (Å²) in [6.45, 7) is 1.35. The summed E-state index contributed by atoms with van der Waals surface area (Å²) in [5.74, 6) is 0.822. The first-order valence-electron chi connectivity index (χ1n) is 29.4. The number of aromatic nitrogens is 3. The number of nitrogens with one attached hydrogen (secondary N) is 6. The second-order valence-electron chi connectivity index (χ2n) is 20.8. The van der Waals surface area contributed by atoms with Crippen LogP contribution in [0.5, 0.6) is 17.2 Å². The number of carbonyl (C=O) groups is 7. The van der Waals surface area contributed by atoms with Gasteiger partial charge in [-0.3, -0.25) is 49.5 Å². The smallest absolute Gasteiger partial charge is 0.307 e. The largest absolute Gasteiger partial charge is 0.497 e. The molecule has 9 aromatic rings. The molecule has 0 fully saturated rings. The van der Waals surface area contributed by atoms with Gasteiger partial charge in [-0.1, -0.05) is 23.2 Å². The summed E-state index contributed by atoms with van der Waals surface area (Å²) in [5.41, 5.74) is 8.23. The zero-order valence-corrected chi connectivity index (χ0v) is 57.7. The first kappa shape index (κ1) is 73.5. The molecule has 0 saturated carbocycles. The molecule has 96 heavy (non-hydrogen) atoms. The van der Waals surface area contributed by atoms with E-state index in [1.165, 1.54) is 50.9 Å². The molecule has 28 heteroatoms. The van der Waals surface area contributed by atoms with E-state index in [4.69, 9.17) is 42.1 Å². The maximum atomic E-state index is 12.6. The lowest BCUT2D eigenvalue weighted by Crippen LogP contribution is -2.33. The van der Waals surface area contributed by atoms with E-state index in [0.717, 1.165) is 39.5 Å². The van der Waals surface area contributed by atoms with Crippen molar-refractivity contribution in [2.75, 3.05) is 121 Å². The fourth-order valence-electron chi connectivity index (χ4n) is 8.36. The van der Waals surface area contributed by atoms with Crippen molar-refractivity contribution in [1.82, 2.24) is 24.8 Å². The Balaban J connectivity index is 0.000000204. The van der Waals surface area contributed by atoms with Crippen molar-refractivity contribution in [2.24, 2.45) is 0 Å². The van der Waals surface area contributed by atoms with Crippen molar-refractivity contribution in [3.63, 3.8) is 0 Å². The van der Waals surface area contributed by atoms with Gasteiger partial charge in [0.1, 0.15) is 17.2 Å². The van der Waals surface area contributed by atoms with E-state index in [-0.39, 0.29) is 73.9 Å². The molecule has 0 bridgehead atoms. The van der Waals surface area contributed by atoms with Gasteiger partial charge in [-0.25, -0.2) is 15.0 Å². The molecule has 0 unspecified atom stereocenters. The molecular formula is C68H71Cl2N11O12S3. The second-order valence-corrected chi connectivity index (χ2v) is 24.1. The Bertz CT molecular complexity index is 4080. The van der Waals surface area contributed by atoms with Gasteiger partial charge in [-0.15, -0.1) is 34.0 Å². The van der Waals surface area contributed by atoms with Crippen molar-refractivity contribution < 1.29 is 57.2 Å². The molecule has 0 aliphatic rings. The molecular weight excluding hydrogens is 1330 g/mol. The molecule has 0 aliphatic carbocycles. The van der Waals surface area contributed by atoms with Crippen LogP contribution < -0.4 is 46.1 Å². The van der Waals surface area contributed by atoms with Gasteiger partial charge < -0.3 is 49.4 Å². The number of Topliss-reactive ketones (excluding diaryl/α,β-unsaturated/α-hetero) is 1. The van der Waals surface area contributed by atoms with Crippen molar-refractivity contribution in [1.29, 1.82) is 0 Å². The number of rotatable bonds is 28. The van der Waals surface area contributed by atoms with Crippen LogP contribution in [0.15, 0.2) is 150 Å². The number of esters is 1. The van der Waals surface area contributed by atoms with Gasteiger partial charge in [0.2, 0.25) is 11.8 Å². The molecule has 6 aromatic carbocycles. The maximum absolute atomic E-state index is 12.6. The van der Waals surface area contributed by atoms with Crippen LogP contribution in [0.25, 0.3) is 33.8 Å². The Morgan fingerprint density at radius 2 is 0.865 bits per heavy atom. The maximum Gasteiger partial charge on any atom is 0.307 e. The third kappa shape index (κ3) is 22.6. The second kappa shape index (κ2) is 37.2. The Labute approximate surface area is 577 Å².